The van der Waals surface area contributed by atoms with Crippen LogP contribution in [-0.4, -0.2) is 34.8 Å². The van der Waals surface area contributed by atoms with Gasteiger partial charge in [0.1, 0.15) is 11.5 Å². The second kappa shape index (κ2) is 7.39. The number of pyridine rings is 1. The first kappa shape index (κ1) is 19.6. The van der Waals surface area contributed by atoms with E-state index in [1.54, 1.807) is 35.4 Å². The average Bonchev–Trinajstić information content (AvgIpc) is 3.31. The Morgan fingerprint density at radius 1 is 1.16 bits per heavy atom. The van der Waals surface area contributed by atoms with Crippen molar-refractivity contribution in [2.75, 3.05) is 13.1 Å². The molecule has 0 saturated carbocycles. The number of halogens is 1. The molecular weight excluding hydrogens is 416 g/mol. The number of likely N-dealkylation sites (tertiary alicyclic amines) is 1. The minimum absolute atomic E-state index is 0.203. The second-order valence-corrected chi connectivity index (χ2v) is 8.19. The molecule has 1 spiro atoms. The lowest BCUT2D eigenvalue weighted by molar-refractivity contribution is -0.00306. The topological polar surface area (TPSA) is 68.7 Å². The van der Waals surface area contributed by atoms with Gasteiger partial charge in [-0.05, 0) is 37.3 Å². The first-order valence-electron chi connectivity index (χ1n) is 9.97. The molecule has 5 rings (SSSR count). The minimum Gasteiger partial charge on any atom is -0.456 e. The molecule has 7 heteroatoms. The normalized spacial score (nSPS) is 19.4. The number of hydrogen-bond acceptors (Lipinski definition) is 5. The van der Waals surface area contributed by atoms with E-state index < -0.39 is 5.60 Å². The van der Waals surface area contributed by atoms with Crippen molar-refractivity contribution in [3.8, 4) is 11.5 Å². The van der Waals surface area contributed by atoms with Crippen LogP contribution >= 0.6 is 11.6 Å². The molecule has 0 unspecified atom stereocenters. The molecule has 3 aromatic rings. The Bertz CT molecular complexity index is 1190. The standard InChI is InChI=1S/C24H19ClN2O4/c1-15-6-7-17(13-26-15)30-16-8-9-19(21(25)12-16)22(28)27-11-10-24(14-27)20-5-3-2-4-18(20)23(29)31-24/h2-9,12-13H,10-11,14H2,1H3/t24-/m0/s1. The summed E-state index contributed by atoms with van der Waals surface area (Å²) in [6.45, 7) is 2.68. The predicted molar refractivity (Wildman–Crippen MR) is 115 cm³/mol. The molecule has 0 aliphatic carbocycles. The summed E-state index contributed by atoms with van der Waals surface area (Å²) in [5.41, 5.74) is 1.91. The van der Waals surface area contributed by atoms with Gasteiger partial charge in [0.2, 0.25) is 0 Å². The van der Waals surface area contributed by atoms with E-state index in [0.717, 1.165) is 11.3 Å². The third-order valence-electron chi connectivity index (χ3n) is 5.74. The van der Waals surface area contributed by atoms with Crippen molar-refractivity contribution in [2.45, 2.75) is 18.9 Å². The third-order valence-corrected chi connectivity index (χ3v) is 6.05. The van der Waals surface area contributed by atoms with Crippen molar-refractivity contribution in [2.24, 2.45) is 0 Å². The summed E-state index contributed by atoms with van der Waals surface area (Å²) < 4.78 is 11.5. The smallest absolute Gasteiger partial charge is 0.339 e. The van der Waals surface area contributed by atoms with Gasteiger partial charge in [0.25, 0.3) is 5.91 Å². The van der Waals surface area contributed by atoms with E-state index in [1.165, 1.54) is 0 Å². The largest absolute Gasteiger partial charge is 0.456 e. The van der Waals surface area contributed by atoms with E-state index in [2.05, 4.69) is 4.98 Å². The molecule has 1 fully saturated rings. The van der Waals surface area contributed by atoms with Crippen LogP contribution in [0.15, 0.2) is 60.8 Å². The van der Waals surface area contributed by atoms with E-state index in [4.69, 9.17) is 21.1 Å². The number of aryl methyl sites for hydroxylation is 1. The summed E-state index contributed by atoms with van der Waals surface area (Å²) in [4.78, 5) is 31.3. The van der Waals surface area contributed by atoms with Gasteiger partial charge in [0.15, 0.2) is 5.60 Å². The number of ether oxygens (including phenoxy) is 2. The zero-order valence-electron chi connectivity index (χ0n) is 16.8. The maximum Gasteiger partial charge on any atom is 0.339 e. The quantitative estimate of drug-likeness (QED) is 0.556. The highest BCUT2D eigenvalue weighted by molar-refractivity contribution is 6.34. The maximum absolute atomic E-state index is 13.2. The van der Waals surface area contributed by atoms with Crippen LogP contribution in [0.1, 0.15) is 38.4 Å². The summed E-state index contributed by atoms with van der Waals surface area (Å²) >= 11 is 6.42. The van der Waals surface area contributed by atoms with Crippen LogP contribution < -0.4 is 4.74 Å². The van der Waals surface area contributed by atoms with E-state index >= 15 is 0 Å². The van der Waals surface area contributed by atoms with Crippen LogP contribution in [0, 0.1) is 6.92 Å². The molecule has 3 heterocycles. The van der Waals surface area contributed by atoms with Crippen LogP contribution in [-0.2, 0) is 10.3 Å². The molecule has 156 valence electrons. The SMILES string of the molecule is Cc1ccc(Oc2ccc(C(=O)N3CC[C@@]4(C3)OC(=O)c3ccccc34)c(Cl)c2)cn1. The van der Waals surface area contributed by atoms with Crippen molar-refractivity contribution >= 4 is 23.5 Å². The maximum atomic E-state index is 13.2. The number of benzene rings is 2. The van der Waals surface area contributed by atoms with Gasteiger partial charge in [-0.1, -0.05) is 29.8 Å². The highest BCUT2D eigenvalue weighted by atomic mass is 35.5. The molecule has 1 amide bonds. The molecular formula is C24H19ClN2O4. The monoisotopic (exact) mass is 434 g/mol. The molecule has 0 bridgehead atoms. The molecule has 0 radical (unpaired) electrons. The summed E-state index contributed by atoms with van der Waals surface area (Å²) in [5, 5.41) is 0.298. The molecule has 2 aromatic carbocycles. The molecule has 0 N–H and O–H groups in total. The highest BCUT2D eigenvalue weighted by Crippen LogP contribution is 2.43. The number of nitrogens with zero attached hydrogens (tertiary/aromatic N) is 2. The Kier molecular flexibility index (Phi) is 4.67. The number of esters is 1. The summed E-state index contributed by atoms with van der Waals surface area (Å²) in [7, 11) is 0. The fourth-order valence-corrected chi connectivity index (χ4v) is 4.41. The van der Waals surface area contributed by atoms with Crippen LogP contribution in [0.3, 0.4) is 0 Å². The van der Waals surface area contributed by atoms with E-state index in [0.29, 0.717) is 47.2 Å². The van der Waals surface area contributed by atoms with E-state index in [9.17, 15) is 9.59 Å². The van der Waals surface area contributed by atoms with Gasteiger partial charge in [-0.3, -0.25) is 9.78 Å². The fraction of sp³-hybridized carbons (Fsp3) is 0.208. The summed E-state index contributed by atoms with van der Waals surface area (Å²) in [6, 6.07) is 16.0. The van der Waals surface area contributed by atoms with Gasteiger partial charge in [-0.15, -0.1) is 0 Å². The molecule has 2 aliphatic rings. The summed E-state index contributed by atoms with van der Waals surface area (Å²) in [6.07, 6.45) is 2.19. The lowest BCUT2D eigenvalue weighted by atomic mass is 9.91. The van der Waals surface area contributed by atoms with Crippen molar-refractivity contribution in [1.82, 2.24) is 9.88 Å². The second-order valence-electron chi connectivity index (χ2n) is 7.79. The number of carbonyl (C=O) groups is 2. The predicted octanol–water partition coefficient (Wildman–Crippen LogP) is 4.75. The van der Waals surface area contributed by atoms with E-state index in [-0.39, 0.29) is 11.9 Å². The lowest BCUT2D eigenvalue weighted by Gasteiger charge is -2.24. The Balaban J connectivity index is 1.34. The number of carbonyl (C=O) groups excluding carboxylic acids is 2. The number of hydrogen-bond donors (Lipinski definition) is 0. The Morgan fingerprint density at radius 2 is 1.97 bits per heavy atom. The summed E-state index contributed by atoms with van der Waals surface area (Å²) in [5.74, 6) is 0.563. The average molecular weight is 435 g/mol. The van der Waals surface area contributed by atoms with Gasteiger partial charge in [-0.25, -0.2) is 4.79 Å². The molecule has 31 heavy (non-hydrogen) atoms. The van der Waals surface area contributed by atoms with Gasteiger partial charge in [-0.2, -0.15) is 0 Å². The van der Waals surface area contributed by atoms with Crippen molar-refractivity contribution in [1.29, 1.82) is 0 Å². The number of aromatic nitrogens is 1. The van der Waals surface area contributed by atoms with Crippen molar-refractivity contribution in [3.63, 3.8) is 0 Å². The zero-order chi connectivity index (χ0) is 21.6. The van der Waals surface area contributed by atoms with Crippen LogP contribution in [0.5, 0.6) is 11.5 Å². The molecule has 1 saturated heterocycles. The third kappa shape index (κ3) is 3.43. The minimum atomic E-state index is -0.780. The van der Waals surface area contributed by atoms with Gasteiger partial charge in [0, 0.05) is 30.3 Å². The number of fused-ring (bicyclic) bond motifs is 2. The van der Waals surface area contributed by atoms with Gasteiger partial charge in [0.05, 0.1) is 28.9 Å². The van der Waals surface area contributed by atoms with Crippen molar-refractivity contribution in [3.05, 3.63) is 88.2 Å². The Morgan fingerprint density at radius 3 is 2.74 bits per heavy atom. The van der Waals surface area contributed by atoms with Crippen LogP contribution in [0.25, 0.3) is 0 Å². The lowest BCUT2D eigenvalue weighted by Crippen LogP contribution is -2.34. The Hall–Kier alpha value is -3.38. The molecule has 6 nitrogen and oxygen atoms in total. The van der Waals surface area contributed by atoms with Gasteiger partial charge >= 0.3 is 5.97 Å². The molecule has 1 atom stereocenters. The number of amides is 1. The number of rotatable bonds is 3. The van der Waals surface area contributed by atoms with E-state index in [1.807, 2.05) is 37.3 Å². The first-order valence-corrected chi connectivity index (χ1v) is 10.4. The highest BCUT2D eigenvalue weighted by Gasteiger charge is 2.51. The van der Waals surface area contributed by atoms with Crippen molar-refractivity contribution < 1.29 is 19.1 Å². The fourth-order valence-electron chi connectivity index (χ4n) is 4.16. The first-order chi connectivity index (χ1) is 14.9. The zero-order valence-corrected chi connectivity index (χ0v) is 17.6. The molecule has 2 aliphatic heterocycles. The van der Waals surface area contributed by atoms with Gasteiger partial charge < -0.3 is 14.4 Å². The van der Waals surface area contributed by atoms with Crippen LogP contribution in [0.2, 0.25) is 5.02 Å². The van der Waals surface area contributed by atoms with Crippen LogP contribution in [0.4, 0.5) is 0 Å². The Labute approximate surface area is 184 Å². The molecule has 1 aromatic heterocycles.